The second-order valence-electron chi connectivity index (χ2n) is 8.80. The van der Waals surface area contributed by atoms with Gasteiger partial charge in [0.05, 0.1) is 4.90 Å². The summed E-state index contributed by atoms with van der Waals surface area (Å²) in [5.41, 5.74) is 1.70. The predicted molar refractivity (Wildman–Crippen MR) is 115 cm³/mol. The number of nitrogens with zero attached hydrogens (tertiary/aromatic N) is 3. The lowest BCUT2D eigenvalue weighted by atomic mass is 9.95. The van der Waals surface area contributed by atoms with E-state index in [1.165, 1.54) is 17.6 Å². The van der Waals surface area contributed by atoms with Crippen LogP contribution in [-0.4, -0.2) is 61.7 Å². The van der Waals surface area contributed by atoms with E-state index in [0.717, 1.165) is 37.2 Å². The van der Waals surface area contributed by atoms with Crippen LogP contribution in [0, 0.1) is 5.92 Å². The Morgan fingerprint density at radius 2 is 1.67 bits per heavy atom. The highest BCUT2D eigenvalue weighted by atomic mass is 32.2. The van der Waals surface area contributed by atoms with Crippen LogP contribution < -0.4 is 4.90 Å². The van der Waals surface area contributed by atoms with Crippen LogP contribution in [0.5, 0.6) is 0 Å². The first-order valence-electron chi connectivity index (χ1n) is 11.0. The molecule has 0 spiro atoms. The summed E-state index contributed by atoms with van der Waals surface area (Å²) < 4.78 is 27.9. The van der Waals surface area contributed by atoms with Gasteiger partial charge in [0.2, 0.25) is 21.8 Å². The molecule has 1 atom stereocenters. The second-order valence-corrected chi connectivity index (χ2v) is 10.7. The summed E-state index contributed by atoms with van der Waals surface area (Å²) in [6, 6.07) is 5.11. The van der Waals surface area contributed by atoms with Crippen molar-refractivity contribution in [2.45, 2.75) is 63.3 Å². The molecule has 2 fully saturated rings. The number of anilines is 1. The number of amides is 2. The first-order chi connectivity index (χ1) is 14.3. The average Bonchev–Trinajstić information content (AvgIpc) is 3.09. The van der Waals surface area contributed by atoms with Crippen molar-refractivity contribution >= 4 is 27.5 Å². The number of hydrogen-bond acceptors (Lipinski definition) is 4. The van der Waals surface area contributed by atoms with E-state index in [9.17, 15) is 18.0 Å². The Morgan fingerprint density at radius 1 is 1.00 bits per heavy atom. The summed E-state index contributed by atoms with van der Waals surface area (Å²) in [7, 11) is -3.61. The molecule has 1 aromatic rings. The molecule has 2 saturated heterocycles. The van der Waals surface area contributed by atoms with Gasteiger partial charge < -0.3 is 9.80 Å². The van der Waals surface area contributed by atoms with Crippen LogP contribution in [0.2, 0.25) is 0 Å². The van der Waals surface area contributed by atoms with Crippen molar-refractivity contribution in [1.82, 2.24) is 9.21 Å². The van der Waals surface area contributed by atoms with Gasteiger partial charge in [0, 0.05) is 50.7 Å². The fourth-order valence-corrected chi connectivity index (χ4v) is 6.63. The van der Waals surface area contributed by atoms with Gasteiger partial charge >= 0.3 is 0 Å². The van der Waals surface area contributed by atoms with Gasteiger partial charge in [-0.15, -0.1) is 0 Å². The molecule has 164 valence electrons. The van der Waals surface area contributed by atoms with E-state index in [0.29, 0.717) is 32.4 Å². The number of likely N-dealkylation sites (tertiary alicyclic amines) is 1. The van der Waals surface area contributed by atoms with Crippen molar-refractivity contribution in [3.63, 3.8) is 0 Å². The lowest BCUT2D eigenvalue weighted by Crippen LogP contribution is -2.45. The average molecular weight is 434 g/mol. The molecule has 0 unspecified atom stereocenters. The minimum atomic E-state index is -3.61. The number of hydrogen-bond donors (Lipinski definition) is 0. The lowest BCUT2D eigenvalue weighted by Gasteiger charge is -2.35. The molecule has 1 aromatic carbocycles. The summed E-state index contributed by atoms with van der Waals surface area (Å²) in [4.78, 5) is 28.6. The zero-order chi connectivity index (χ0) is 21.5. The number of fused-ring (bicyclic) bond motifs is 1. The standard InChI is InChI=1S/C22H31N3O4S/c1-16-14-19-15-20(6-7-21(19)25(16)17(2)26)30(28,29)24-12-8-18(9-13-24)22(27)23-10-4-3-5-11-23/h6-7,15-16,18H,3-5,8-14H2,1-2H3/t16-/m0/s1. The predicted octanol–water partition coefficient (Wildman–Crippen LogP) is 2.40. The molecule has 0 radical (unpaired) electrons. The molecule has 0 saturated carbocycles. The fraction of sp³-hybridized carbons (Fsp3) is 0.636. The molecule has 0 N–H and O–H groups in total. The quantitative estimate of drug-likeness (QED) is 0.733. The normalized spacial score (nSPS) is 23.5. The summed E-state index contributed by atoms with van der Waals surface area (Å²) in [5, 5.41) is 0. The van der Waals surface area contributed by atoms with Gasteiger partial charge in [-0.25, -0.2) is 8.42 Å². The van der Waals surface area contributed by atoms with Crippen LogP contribution in [0.25, 0.3) is 0 Å². The first-order valence-corrected chi connectivity index (χ1v) is 12.4. The maximum Gasteiger partial charge on any atom is 0.243 e. The van der Waals surface area contributed by atoms with Gasteiger partial charge in [-0.05, 0) is 69.2 Å². The molecule has 0 aromatic heterocycles. The summed E-state index contributed by atoms with van der Waals surface area (Å²) in [5.74, 6) is 0.0967. The topological polar surface area (TPSA) is 78.0 Å². The van der Waals surface area contributed by atoms with Gasteiger partial charge in [0.15, 0.2) is 0 Å². The molecule has 7 nitrogen and oxygen atoms in total. The fourth-order valence-electron chi connectivity index (χ4n) is 5.11. The Morgan fingerprint density at radius 3 is 2.30 bits per heavy atom. The largest absolute Gasteiger partial charge is 0.342 e. The molecule has 3 aliphatic rings. The van der Waals surface area contributed by atoms with E-state index < -0.39 is 10.0 Å². The van der Waals surface area contributed by atoms with Gasteiger partial charge in [0.1, 0.15) is 0 Å². The number of carbonyl (C=O) groups excluding carboxylic acids is 2. The van der Waals surface area contributed by atoms with Crippen LogP contribution in [-0.2, 0) is 26.0 Å². The molecule has 3 aliphatic heterocycles. The number of carbonyl (C=O) groups is 2. The van der Waals surface area contributed by atoms with Crippen LogP contribution in [0.4, 0.5) is 5.69 Å². The van der Waals surface area contributed by atoms with Crippen molar-refractivity contribution in [3.8, 4) is 0 Å². The van der Waals surface area contributed by atoms with E-state index in [-0.39, 0.29) is 28.7 Å². The Balaban J connectivity index is 1.45. The number of sulfonamides is 1. The summed E-state index contributed by atoms with van der Waals surface area (Å²) >= 11 is 0. The van der Waals surface area contributed by atoms with E-state index in [1.54, 1.807) is 23.1 Å². The van der Waals surface area contributed by atoms with Crippen molar-refractivity contribution in [2.24, 2.45) is 5.92 Å². The summed E-state index contributed by atoms with van der Waals surface area (Å²) in [6.07, 6.45) is 5.13. The third kappa shape index (κ3) is 3.87. The van der Waals surface area contributed by atoms with Gasteiger partial charge in [-0.2, -0.15) is 4.31 Å². The van der Waals surface area contributed by atoms with Crippen LogP contribution in [0.1, 0.15) is 51.5 Å². The van der Waals surface area contributed by atoms with Crippen LogP contribution in [0.3, 0.4) is 0 Å². The number of rotatable bonds is 3. The Labute approximate surface area is 179 Å². The molecule has 8 heteroatoms. The van der Waals surface area contributed by atoms with E-state index >= 15 is 0 Å². The maximum atomic E-state index is 13.2. The smallest absolute Gasteiger partial charge is 0.243 e. The third-order valence-corrected chi connectivity index (χ3v) is 8.61. The molecule has 0 bridgehead atoms. The molecular weight excluding hydrogens is 402 g/mol. The molecule has 0 aliphatic carbocycles. The Hall–Kier alpha value is -1.93. The van der Waals surface area contributed by atoms with Crippen LogP contribution in [0.15, 0.2) is 23.1 Å². The highest BCUT2D eigenvalue weighted by molar-refractivity contribution is 7.89. The Kier molecular flexibility index (Phi) is 5.90. The van der Waals surface area contributed by atoms with Crippen LogP contribution >= 0.6 is 0 Å². The summed E-state index contributed by atoms with van der Waals surface area (Å²) in [6.45, 7) is 5.93. The number of benzene rings is 1. The monoisotopic (exact) mass is 433 g/mol. The van der Waals surface area contributed by atoms with E-state index in [4.69, 9.17) is 0 Å². The van der Waals surface area contributed by atoms with Gasteiger partial charge in [-0.3, -0.25) is 9.59 Å². The second kappa shape index (κ2) is 8.30. The first kappa shape index (κ1) is 21.3. The van der Waals surface area contributed by atoms with Gasteiger partial charge in [0.25, 0.3) is 0 Å². The Bertz CT molecular complexity index is 932. The van der Waals surface area contributed by atoms with E-state index in [1.807, 2.05) is 11.8 Å². The molecule has 2 amide bonds. The van der Waals surface area contributed by atoms with Crippen molar-refractivity contribution < 1.29 is 18.0 Å². The highest BCUT2D eigenvalue weighted by Gasteiger charge is 2.35. The van der Waals surface area contributed by atoms with E-state index in [2.05, 4.69) is 0 Å². The minimum Gasteiger partial charge on any atom is -0.342 e. The third-order valence-electron chi connectivity index (χ3n) is 6.71. The molecular formula is C22H31N3O4S. The SMILES string of the molecule is CC(=O)N1c2ccc(S(=O)(=O)N3CCC(C(=O)N4CCCCC4)CC3)cc2C[C@@H]1C. The lowest BCUT2D eigenvalue weighted by molar-refractivity contribution is -0.137. The number of piperidine rings is 2. The zero-order valence-electron chi connectivity index (χ0n) is 17.8. The van der Waals surface area contributed by atoms with Crippen molar-refractivity contribution in [3.05, 3.63) is 23.8 Å². The van der Waals surface area contributed by atoms with Gasteiger partial charge in [-0.1, -0.05) is 0 Å². The molecule has 3 heterocycles. The minimum absolute atomic E-state index is 0.0303. The molecule has 30 heavy (non-hydrogen) atoms. The highest BCUT2D eigenvalue weighted by Crippen LogP contribution is 2.35. The maximum absolute atomic E-state index is 13.2. The van der Waals surface area contributed by atoms with Crippen molar-refractivity contribution in [1.29, 1.82) is 0 Å². The van der Waals surface area contributed by atoms with Crippen molar-refractivity contribution in [2.75, 3.05) is 31.1 Å². The zero-order valence-corrected chi connectivity index (χ0v) is 18.7. The molecule has 4 rings (SSSR count).